The number of carbonyl (C=O) groups is 2. The third-order valence-electron chi connectivity index (χ3n) is 3.20. The molecule has 0 aromatic heterocycles. The molecular weight excluding hydrogens is 285 g/mol. The standard InChI is InChI=1S/C13H15ClFN3O2/c14-11-7-9(15)1-2-10(11)13(20)18-5-3-17(4-6-18)8-12(16)19/h1-2,7H,3-6,8H2,(H2,16,19). The van der Waals surface area contributed by atoms with Crippen LogP contribution in [0.1, 0.15) is 10.4 Å². The Morgan fingerprint density at radius 1 is 1.25 bits per heavy atom. The van der Waals surface area contributed by atoms with E-state index < -0.39 is 5.82 Å². The molecule has 1 fully saturated rings. The molecule has 5 nitrogen and oxygen atoms in total. The lowest BCUT2D eigenvalue weighted by Gasteiger charge is -2.34. The summed E-state index contributed by atoms with van der Waals surface area (Å²) in [4.78, 5) is 26.6. The highest BCUT2D eigenvalue weighted by atomic mass is 35.5. The number of carbonyl (C=O) groups excluding carboxylic acids is 2. The normalized spacial score (nSPS) is 16.2. The average molecular weight is 300 g/mol. The van der Waals surface area contributed by atoms with Crippen molar-refractivity contribution in [3.8, 4) is 0 Å². The molecule has 0 unspecified atom stereocenters. The summed E-state index contributed by atoms with van der Waals surface area (Å²) in [6.45, 7) is 2.32. The number of nitrogens with two attached hydrogens (primary N) is 1. The first kappa shape index (κ1) is 14.7. The first-order valence-corrected chi connectivity index (χ1v) is 6.60. The van der Waals surface area contributed by atoms with E-state index in [1.54, 1.807) is 4.90 Å². The summed E-state index contributed by atoms with van der Waals surface area (Å²) in [5, 5.41) is 0.106. The van der Waals surface area contributed by atoms with Gasteiger partial charge in [0.1, 0.15) is 5.82 Å². The molecule has 0 saturated carbocycles. The van der Waals surface area contributed by atoms with Crippen LogP contribution in [0.3, 0.4) is 0 Å². The molecule has 2 rings (SSSR count). The fraction of sp³-hybridized carbons (Fsp3) is 0.385. The van der Waals surface area contributed by atoms with E-state index in [0.717, 1.165) is 6.07 Å². The average Bonchev–Trinajstić information content (AvgIpc) is 2.38. The number of primary amides is 1. The molecular formula is C13H15ClFN3O2. The van der Waals surface area contributed by atoms with Crippen LogP contribution in [-0.2, 0) is 4.79 Å². The Labute approximate surface area is 121 Å². The lowest BCUT2D eigenvalue weighted by atomic mass is 10.1. The first-order chi connectivity index (χ1) is 9.47. The Morgan fingerprint density at radius 3 is 2.45 bits per heavy atom. The lowest BCUT2D eigenvalue weighted by Crippen LogP contribution is -2.50. The largest absolute Gasteiger partial charge is 0.369 e. The van der Waals surface area contributed by atoms with Gasteiger partial charge in [0.15, 0.2) is 0 Å². The third-order valence-corrected chi connectivity index (χ3v) is 3.51. The van der Waals surface area contributed by atoms with Crippen LogP contribution >= 0.6 is 11.6 Å². The first-order valence-electron chi connectivity index (χ1n) is 6.22. The monoisotopic (exact) mass is 299 g/mol. The molecule has 1 aromatic rings. The minimum atomic E-state index is -0.474. The lowest BCUT2D eigenvalue weighted by molar-refractivity contribution is -0.119. The quantitative estimate of drug-likeness (QED) is 0.894. The van der Waals surface area contributed by atoms with E-state index in [1.165, 1.54) is 12.1 Å². The molecule has 2 amide bonds. The highest BCUT2D eigenvalue weighted by Gasteiger charge is 2.24. The molecule has 0 atom stereocenters. The van der Waals surface area contributed by atoms with E-state index in [1.807, 2.05) is 4.90 Å². The predicted octanol–water partition coefficient (Wildman–Crippen LogP) is 0.722. The molecule has 7 heteroatoms. The van der Waals surface area contributed by atoms with Crippen molar-refractivity contribution >= 4 is 23.4 Å². The number of amides is 2. The molecule has 0 aliphatic carbocycles. The Hall–Kier alpha value is -1.66. The topological polar surface area (TPSA) is 66.6 Å². The molecule has 0 spiro atoms. The fourth-order valence-corrected chi connectivity index (χ4v) is 2.41. The second kappa shape index (κ2) is 6.19. The predicted molar refractivity (Wildman–Crippen MR) is 72.9 cm³/mol. The highest BCUT2D eigenvalue weighted by Crippen LogP contribution is 2.19. The summed E-state index contributed by atoms with van der Waals surface area (Å²) >= 11 is 5.88. The Balaban J connectivity index is 1.99. The van der Waals surface area contributed by atoms with Crippen molar-refractivity contribution in [2.45, 2.75) is 0 Å². The number of halogens is 2. The van der Waals surface area contributed by atoms with Crippen LogP contribution in [0.25, 0.3) is 0 Å². The summed E-state index contributed by atoms with van der Waals surface area (Å²) in [6.07, 6.45) is 0. The SMILES string of the molecule is NC(=O)CN1CCN(C(=O)c2ccc(F)cc2Cl)CC1. The zero-order valence-electron chi connectivity index (χ0n) is 10.8. The van der Waals surface area contributed by atoms with Gasteiger partial charge in [-0.05, 0) is 18.2 Å². The molecule has 20 heavy (non-hydrogen) atoms. The van der Waals surface area contributed by atoms with Crippen molar-refractivity contribution in [2.75, 3.05) is 32.7 Å². The number of hydrogen-bond donors (Lipinski definition) is 1. The smallest absolute Gasteiger partial charge is 0.255 e. The van der Waals surface area contributed by atoms with Crippen molar-refractivity contribution in [2.24, 2.45) is 5.73 Å². The Kier molecular flexibility index (Phi) is 4.57. The molecule has 1 saturated heterocycles. The van der Waals surface area contributed by atoms with Crippen LogP contribution in [0.15, 0.2) is 18.2 Å². The number of piperazine rings is 1. The minimum Gasteiger partial charge on any atom is -0.369 e. The summed E-state index contributed by atoms with van der Waals surface area (Å²) in [6, 6.07) is 3.72. The van der Waals surface area contributed by atoms with Crippen LogP contribution in [0.5, 0.6) is 0 Å². The molecule has 1 heterocycles. The van der Waals surface area contributed by atoms with Gasteiger partial charge in [0.2, 0.25) is 5.91 Å². The molecule has 0 radical (unpaired) electrons. The fourth-order valence-electron chi connectivity index (χ4n) is 2.16. The van der Waals surface area contributed by atoms with Gasteiger partial charge in [0, 0.05) is 26.2 Å². The molecule has 108 valence electrons. The minimum absolute atomic E-state index is 0.106. The zero-order valence-corrected chi connectivity index (χ0v) is 11.6. The van der Waals surface area contributed by atoms with E-state index in [2.05, 4.69) is 0 Å². The van der Waals surface area contributed by atoms with Crippen LogP contribution < -0.4 is 5.73 Å². The summed E-state index contributed by atoms with van der Waals surface area (Å²) in [5.74, 6) is -1.09. The van der Waals surface area contributed by atoms with Gasteiger partial charge in [-0.1, -0.05) is 11.6 Å². The summed E-state index contributed by atoms with van der Waals surface area (Å²) in [7, 11) is 0. The van der Waals surface area contributed by atoms with Crippen LogP contribution in [0, 0.1) is 5.82 Å². The van der Waals surface area contributed by atoms with Crippen molar-refractivity contribution in [1.82, 2.24) is 9.80 Å². The Morgan fingerprint density at radius 2 is 1.90 bits per heavy atom. The van der Waals surface area contributed by atoms with Gasteiger partial charge in [0.05, 0.1) is 17.1 Å². The molecule has 2 N–H and O–H groups in total. The van der Waals surface area contributed by atoms with Crippen LogP contribution in [0.4, 0.5) is 4.39 Å². The molecule has 1 aromatic carbocycles. The van der Waals surface area contributed by atoms with Gasteiger partial charge in [-0.15, -0.1) is 0 Å². The third kappa shape index (κ3) is 3.46. The number of hydrogen-bond acceptors (Lipinski definition) is 3. The number of nitrogens with zero attached hydrogens (tertiary/aromatic N) is 2. The van der Waals surface area contributed by atoms with E-state index in [4.69, 9.17) is 17.3 Å². The van der Waals surface area contributed by atoms with Gasteiger partial charge >= 0.3 is 0 Å². The van der Waals surface area contributed by atoms with Gasteiger partial charge in [-0.2, -0.15) is 0 Å². The second-order valence-corrected chi connectivity index (χ2v) is 5.07. The van der Waals surface area contributed by atoms with Gasteiger partial charge in [-0.3, -0.25) is 14.5 Å². The van der Waals surface area contributed by atoms with Gasteiger partial charge in [0.25, 0.3) is 5.91 Å². The number of benzene rings is 1. The van der Waals surface area contributed by atoms with Gasteiger partial charge in [-0.25, -0.2) is 4.39 Å². The maximum atomic E-state index is 13.0. The van der Waals surface area contributed by atoms with Crippen LogP contribution in [0.2, 0.25) is 5.02 Å². The second-order valence-electron chi connectivity index (χ2n) is 4.66. The van der Waals surface area contributed by atoms with E-state index in [9.17, 15) is 14.0 Å². The maximum Gasteiger partial charge on any atom is 0.255 e. The van der Waals surface area contributed by atoms with Crippen molar-refractivity contribution < 1.29 is 14.0 Å². The number of rotatable bonds is 3. The van der Waals surface area contributed by atoms with Crippen LogP contribution in [-0.4, -0.2) is 54.3 Å². The van der Waals surface area contributed by atoms with E-state index in [0.29, 0.717) is 26.2 Å². The zero-order chi connectivity index (χ0) is 14.7. The molecule has 1 aliphatic rings. The van der Waals surface area contributed by atoms with Gasteiger partial charge < -0.3 is 10.6 Å². The summed E-state index contributed by atoms with van der Waals surface area (Å²) < 4.78 is 13.0. The Bertz CT molecular complexity index is 530. The molecule has 0 bridgehead atoms. The van der Waals surface area contributed by atoms with E-state index in [-0.39, 0.29) is 28.9 Å². The maximum absolute atomic E-state index is 13.0. The van der Waals surface area contributed by atoms with Crippen molar-refractivity contribution in [3.05, 3.63) is 34.6 Å². The van der Waals surface area contributed by atoms with Crippen molar-refractivity contribution in [3.63, 3.8) is 0 Å². The van der Waals surface area contributed by atoms with Crippen molar-refractivity contribution in [1.29, 1.82) is 0 Å². The molecule has 1 aliphatic heterocycles. The van der Waals surface area contributed by atoms with E-state index >= 15 is 0 Å². The highest BCUT2D eigenvalue weighted by molar-refractivity contribution is 6.33. The summed E-state index contributed by atoms with van der Waals surface area (Å²) in [5.41, 5.74) is 5.42.